The fourth-order valence-corrected chi connectivity index (χ4v) is 0.804. The monoisotopic (exact) mass is 178 g/mol. The van der Waals surface area contributed by atoms with Crippen molar-refractivity contribution in [1.29, 1.82) is 0 Å². The number of hydrogen-bond donors (Lipinski definition) is 2. The van der Waals surface area contributed by atoms with Crippen molar-refractivity contribution in [2.45, 2.75) is 13.8 Å². The summed E-state index contributed by atoms with van der Waals surface area (Å²) < 4.78 is 0. The zero-order valence-corrected chi connectivity index (χ0v) is 7.91. The average Bonchev–Trinajstić information content (AvgIpc) is 2.03. The van der Waals surface area contributed by atoms with Crippen LogP contribution in [0.5, 0.6) is 0 Å². The van der Waals surface area contributed by atoms with E-state index in [2.05, 4.69) is 21.4 Å². The van der Waals surface area contributed by atoms with Gasteiger partial charge in [0.1, 0.15) is 5.82 Å². The highest BCUT2D eigenvalue weighted by Gasteiger charge is 1.92. The molecule has 0 fully saturated rings. The van der Waals surface area contributed by atoms with Crippen molar-refractivity contribution in [2.24, 2.45) is 0 Å². The molecule has 0 spiro atoms. The molecule has 0 radical (unpaired) electrons. The SMILES string of the molecule is CC(C)=CCNc1nccc(N)n1. The van der Waals surface area contributed by atoms with Gasteiger partial charge in [-0.2, -0.15) is 4.98 Å². The first-order valence-corrected chi connectivity index (χ1v) is 4.14. The summed E-state index contributed by atoms with van der Waals surface area (Å²) in [6.45, 7) is 4.82. The molecular weight excluding hydrogens is 164 g/mol. The molecule has 1 aromatic rings. The predicted molar refractivity (Wildman–Crippen MR) is 54.4 cm³/mol. The normalized spacial score (nSPS) is 9.38. The number of allylic oxidation sites excluding steroid dienone is 1. The van der Waals surface area contributed by atoms with Gasteiger partial charge in [-0.15, -0.1) is 0 Å². The van der Waals surface area contributed by atoms with Gasteiger partial charge in [0.2, 0.25) is 5.95 Å². The minimum Gasteiger partial charge on any atom is -0.384 e. The van der Waals surface area contributed by atoms with Crippen molar-refractivity contribution >= 4 is 11.8 Å². The van der Waals surface area contributed by atoms with Crippen LogP contribution in [-0.2, 0) is 0 Å². The molecule has 0 aromatic carbocycles. The molecule has 0 saturated carbocycles. The fraction of sp³-hybridized carbons (Fsp3) is 0.333. The van der Waals surface area contributed by atoms with Crippen LogP contribution in [0.4, 0.5) is 11.8 Å². The summed E-state index contributed by atoms with van der Waals surface area (Å²) in [7, 11) is 0. The maximum atomic E-state index is 5.48. The topological polar surface area (TPSA) is 63.8 Å². The van der Waals surface area contributed by atoms with Gasteiger partial charge in [-0.1, -0.05) is 11.6 Å². The van der Waals surface area contributed by atoms with Gasteiger partial charge in [-0.25, -0.2) is 4.98 Å². The van der Waals surface area contributed by atoms with Crippen LogP contribution < -0.4 is 11.1 Å². The van der Waals surface area contributed by atoms with Crippen LogP contribution >= 0.6 is 0 Å². The van der Waals surface area contributed by atoms with Crippen LogP contribution in [0, 0.1) is 0 Å². The number of nitrogens with two attached hydrogens (primary N) is 1. The summed E-state index contributed by atoms with van der Waals surface area (Å²) >= 11 is 0. The number of hydrogen-bond acceptors (Lipinski definition) is 4. The van der Waals surface area contributed by atoms with Gasteiger partial charge in [0.05, 0.1) is 0 Å². The van der Waals surface area contributed by atoms with Crippen LogP contribution in [-0.4, -0.2) is 16.5 Å². The molecule has 1 heterocycles. The quantitative estimate of drug-likeness (QED) is 0.687. The Morgan fingerprint density at radius 3 is 3.00 bits per heavy atom. The van der Waals surface area contributed by atoms with Crippen molar-refractivity contribution in [3.05, 3.63) is 23.9 Å². The molecule has 0 aliphatic heterocycles. The minimum absolute atomic E-state index is 0.481. The van der Waals surface area contributed by atoms with Crippen molar-refractivity contribution < 1.29 is 0 Å². The number of nitrogens with zero attached hydrogens (tertiary/aromatic N) is 2. The minimum atomic E-state index is 0.481. The molecule has 0 bridgehead atoms. The molecule has 0 saturated heterocycles. The first kappa shape index (κ1) is 9.51. The van der Waals surface area contributed by atoms with E-state index in [1.165, 1.54) is 5.57 Å². The fourth-order valence-electron chi connectivity index (χ4n) is 0.804. The third-order valence-electron chi connectivity index (χ3n) is 1.45. The van der Waals surface area contributed by atoms with E-state index in [4.69, 9.17) is 5.73 Å². The van der Waals surface area contributed by atoms with E-state index in [-0.39, 0.29) is 0 Å². The number of nitrogens with one attached hydrogen (secondary N) is 1. The lowest BCUT2D eigenvalue weighted by atomic mass is 10.3. The summed E-state index contributed by atoms with van der Waals surface area (Å²) in [6.07, 6.45) is 3.69. The zero-order valence-electron chi connectivity index (χ0n) is 7.91. The van der Waals surface area contributed by atoms with E-state index in [0.29, 0.717) is 11.8 Å². The number of aromatic nitrogens is 2. The standard InChI is InChI=1S/C9H14N4/c1-7(2)3-5-11-9-12-6-4-8(10)13-9/h3-4,6H,5H2,1-2H3,(H3,10,11,12,13). The van der Waals surface area contributed by atoms with Gasteiger partial charge in [0.15, 0.2) is 0 Å². The van der Waals surface area contributed by atoms with Crippen molar-refractivity contribution in [3.8, 4) is 0 Å². The third-order valence-corrected chi connectivity index (χ3v) is 1.45. The summed E-state index contributed by atoms with van der Waals surface area (Å²) in [5.74, 6) is 1.05. The van der Waals surface area contributed by atoms with E-state index in [1.807, 2.05) is 13.8 Å². The molecule has 1 aromatic heterocycles. The largest absolute Gasteiger partial charge is 0.384 e. The molecule has 3 N–H and O–H groups in total. The average molecular weight is 178 g/mol. The molecule has 0 aliphatic carbocycles. The van der Waals surface area contributed by atoms with Crippen LogP contribution in [0.15, 0.2) is 23.9 Å². The molecule has 0 aliphatic rings. The lowest BCUT2D eigenvalue weighted by Gasteiger charge is -2.01. The van der Waals surface area contributed by atoms with E-state index in [1.54, 1.807) is 12.3 Å². The highest BCUT2D eigenvalue weighted by molar-refractivity contribution is 5.35. The number of nitrogen functional groups attached to an aromatic ring is 1. The molecule has 4 nitrogen and oxygen atoms in total. The second kappa shape index (κ2) is 4.45. The highest BCUT2D eigenvalue weighted by atomic mass is 15.1. The Labute approximate surface area is 77.9 Å². The predicted octanol–water partition coefficient (Wildman–Crippen LogP) is 1.44. The highest BCUT2D eigenvalue weighted by Crippen LogP contribution is 2.00. The van der Waals surface area contributed by atoms with Gasteiger partial charge >= 0.3 is 0 Å². The van der Waals surface area contributed by atoms with Gasteiger partial charge in [-0.3, -0.25) is 0 Å². The van der Waals surface area contributed by atoms with Crippen LogP contribution in [0.1, 0.15) is 13.8 Å². The second-order valence-electron chi connectivity index (χ2n) is 2.97. The second-order valence-corrected chi connectivity index (χ2v) is 2.97. The van der Waals surface area contributed by atoms with Gasteiger partial charge in [0.25, 0.3) is 0 Å². The van der Waals surface area contributed by atoms with Crippen molar-refractivity contribution in [3.63, 3.8) is 0 Å². The van der Waals surface area contributed by atoms with E-state index < -0.39 is 0 Å². The van der Waals surface area contributed by atoms with Crippen molar-refractivity contribution in [2.75, 3.05) is 17.6 Å². The van der Waals surface area contributed by atoms with Crippen LogP contribution in [0.3, 0.4) is 0 Å². The Kier molecular flexibility index (Phi) is 3.25. The molecule has 0 amide bonds. The van der Waals surface area contributed by atoms with Gasteiger partial charge in [-0.05, 0) is 19.9 Å². The number of rotatable bonds is 3. The lowest BCUT2D eigenvalue weighted by molar-refractivity contribution is 1.12. The summed E-state index contributed by atoms with van der Waals surface area (Å²) in [4.78, 5) is 8.00. The Balaban J connectivity index is 2.50. The first-order valence-electron chi connectivity index (χ1n) is 4.14. The Morgan fingerprint density at radius 1 is 1.62 bits per heavy atom. The molecule has 0 atom stereocenters. The Bertz CT molecular complexity index is 302. The van der Waals surface area contributed by atoms with E-state index in [0.717, 1.165) is 6.54 Å². The summed E-state index contributed by atoms with van der Waals surface area (Å²) in [5.41, 5.74) is 6.74. The first-order chi connectivity index (χ1) is 6.18. The molecular formula is C9H14N4. The van der Waals surface area contributed by atoms with E-state index in [9.17, 15) is 0 Å². The van der Waals surface area contributed by atoms with Crippen LogP contribution in [0.25, 0.3) is 0 Å². The maximum Gasteiger partial charge on any atom is 0.224 e. The molecule has 1 rings (SSSR count). The summed E-state index contributed by atoms with van der Waals surface area (Å²) in [5, 5.41) is 3.04. The Morgan fingerprint density at radius 2 is 2.38 bits per heavy atom. The van der Waals surface area contributed by atoms with E-state index >= 15 is 0 Å². The smallest absolute Gasteiger partial charge is 0.224 e. The molecule has 0 unspecified atom stereocenters. The molecule has 70 valence electrons. The maximum absolute atomic E-state index is 5.48. The lowest BCUT2D eigenvalue weighted by Crippen LogP contribution is -2.04. The Hall–Kier alpha value is -1.58. The molecule has 4 heteroatoms. The number of anilines is 2. The van der Waals surface area contributed by atoms with Gasteiger partial charge < -0.3 is 11.1 Å². The van der Waals surface area contributed by atoms with Crippen LogP contribution in [0.2, 0.25) is 0 Å². The zero-order chi connectivity index (χ0) is 9.68. The molecule has 13 heavy (non-hydrogen) atoms. The van der Waals surface area contributed by atoms with Crippen molar-refractivity contribution in [1.82, 2.24) is 9.97 Å². The third kappa shape index (κ3) is 3.55. The van der Waals surface area contributed by atoms with Gasteiger partial charge in [0, 0.05) is 12.7 Å². The summed E-state index contributed by atoms with van der Waals surface area (Å²) in [6, 6.07) is 1.66.